The first kappa shape index (κ1) is 13.5. The van der Waals surface area contributed by atoms with Crippen LogP contribution in [0.15, 0.2) is 18.2 Å². The number of rotatable bonds is 2. The Morgan fingerprint density at radius 1 is 1.47 bits per heavy atom. The van der Waals surface area contributed by atoms with Crippen molar-refractivity contribution in [1.82, 2.24) is 0 Å². The van der Waals surface area contributed by atoms with Gasteiger partial charge in [0.15, 0.2) is 0 Å². The van der Waals surface area contributed by atoms with Crippen LogP contribution in [0.1, 0.15) is 32.8 Å². The standard InChI is InChI=1S/C13H14ClNO2/c1-13(2,3)7-12(16)17-11-5-4-9(8-15)6-10(11)14/h4-6H,7H2,1-3H3. The van der Waals surface area contributed by atoms with Crippen molar-refractivity contribution >= 4 is 17.6 Å². The normalized spacial score (nSPS) is 10.8. The lowest BCUT2D eigenvalue weighted by Gasteiger charge is -2.16. The summed E-state index contributed by atoms with van der Waals surface area (Å²) in [5.41, 5.74) is 0.307. The van der Waals surface area contributed by atoms with Gasteiger partial charge in [-0.05, 0) is 23.6 Å². The number of nitrogens with zero attached hydrogens (tertiary/aromatic N) is 1. The van der Waals surface area contributed by atoms with Crippen LogP contribution in [-0.4, -0.2) is 5.97 Å². The number of benzene rings is 1. The van der Waals surface area contributed by atoms with Gasteiger partial charge in [-0.3, -0.25) is 4.79 Å². The van der Waals surface area contributed by atoms with E-state index in [0.717, 1.165) is 0 Å². The van der Waals surface area contributed by atoms with Crippen LogP contribution in [0.4, 0.5) is 0 Å². The molecule has 0 heterocycles. The van der Waals surface area contributed by atoms with E-state index in [1.165, 1.54) is 12.1 Å². The van der Waals surface area contributed by atoms with Crippen molar-refractivity contribution in [3.8, 4) is 11.8 Å². The number of hydrogen-bond donors (Lipinski definition) is 0. The molecule has 90 valence electrons. The molecule has 17 heavy (non-hydrogen) atoms. The Bertz CT molecular complexity index is 469. The number of esters is 1. The van der Waals surface area contributed by atoms with Crippen LogP contribution >= 0.6 is 11.6 Å². The summed E-state index contributed by atoms with van der Waals surface area (Å²) in [4.78, 5) is 11.6. The molecule has 0 unspecified atom stereocenters. The molecule has 4 heteroatoms. The summed E-state index contributed by atoms with van der Waals surface area (Å²) in [5.74, 6) is -0.0379. The lowest BCUT2D eigenvalue weighted by atomic mass is 9.92. The summed E-state index contributed by atoms with van der Waals surface area (Å²) >= 11 is 5.90. The third kappa shape index (κ3) is 4.46. The number of ether oxygens (including phenoxy) is 1. The second-order valence-electron chi connectivity index (χ2n) is 4.97. The van der Waals surface area contributed by atoms with E-state index in [9.17, 15) is 4.79 Å². The molecule has 1 rings (SSSR count). The third-order valence-electron chi connectivity index (χ3n) is 1.96. The van der Waals surface area contributed by atoms with Gasteiger partial charge in [-0.1, -0.05) is 32.4 Å². The molecule has 0 amide bonds. The fourth-order valence-electron chi connectivity index (χ4n) is 1.24. The van der Waals surface area contributed by atoms with Gasteiger partial charge < -0.3 is 4.74 Å². The number of carbonyl (C=O) groups excluding carboxylic acids is 1. The molecule has 3 nitrogen and oxygen atoms in total. The second kappa shape index (κ2) is 5.20. The molecule has 1 aromatic carbocycles. The zero-order valence-electron chi connectivity index (χ0n) is 10.1. The molecule has 0 saturated heterocycles. The van der Waals surface area contributed by atoms with Crippen molar-refractivity contribution < 1.29 is 9.53 Å². The van der Waals surface area contributed by atoms with E-state index in [-0.39, 0.29) is 16.4 Å². The Morgan fingerprint density at radius 3 is 2.59 bits per heavy atom. The molecule has 0 bridgehead atoms. The highest BCUT2D eigenvalue weighted by Crippen LogP contribution is 2.27. The molecule has 0 saturated carbocycles. The highest BCUT2D eigenvalue weighted by Gasteiger charge is 2.18. The zero-order chi connectivity index (χ0) is 13.1. The average molecular weight is 252 g/mol. The fourth-order valence-corrected chi connectivity index (χ4v) is 1.46. The first-order chi connectivity index (χ1) is 7.81. The lowest BCUT2D eigenvalue weighted by Crippen LogP contribution is -2.17. The predicted molar refractivity (Wildman–Crippen MR) is 65.9 cm³/mol. The fraction of sp³-hybridized carbons (Fsp3) is 0.385. The highest BCUT2D eigenvalue weighted by atomic mass is 35.5. The van der Waals surface area contributed by atoms with E-state index in [1.807, 2.05) is 26.8 Å². The molecular weight excluding hydrogens is 238 g/mol. The Morgan fingerprint density at radius 2 is 2.12 bits per heavy atom. The number of carbonyl (C=O) groups is 1. The smallest absolute Gasteiger partial charge is 0.311 e. The minimum Gasteiger partial charge on any atom is -0.425 e. The van der Waals surface area contributed by atoms with Crippen LogP contribution in [0.3, 0.4) is 0 Å². The molecule has 0 aliphatic carbocycles. The minimum absolute atomic E-state index is 0.129. The van der Waals surface area contributed by atoms with Gasteiger partial charge in [-0.2, -0.15) is 5.26 Å². The van der Waals surface area contributed by atoms with Gasteiger partial charge in [-0.25, -0.2) is 0 Å². The maximum absolute atomic E-state index is 11.6. The van der Waals surface area contributed by atoms with Crippen molar-refractivity contribution in [2.75, 3.05) is 0 Å². The number of halogens is 1. The summed E-state index contributed by atoms with van der Waals surface area (Å²) in [7, 11) is 0. The van der Waals surface area contributed by atoms with E-state index < -0.39 is 0 Å². The van der Waals surface area contributed by atoms with Gasteiger partial charge in [0, 0.05) is 0 Å². The van der Waals surface area contributed by atoms with E-state index >= 15 is 0 Å². The minimum atomic E-state index is -0.330. The predicted octanol–water partition coefficient (Wildman–Crippen LogP) is 3.55. The Kier molecular flexibility index (Phi) is 4.14. The highest BCUT2D eigenvalue weighted by molar-refractivity contribution is 6.32. The molecular formula is C13H14ClNO2. The third-order valence-corrected chi connectivity index (χ3v) is 2.25. The molecule has 0 aromatic heterocycles. The van der Waals surface area contributed by atoms with Gasteiger partial charge in [0.05, 0.1) is 23.1 Å². The molecule has 0 aliphatic rings. The molecule has 0 aliphatic heterocycles. The van der Waals surface area contributed by atoms with Crippen LogP contribution in [0.2, 0.25) is 5.02 Å². The largest absolute Gasteiger partial charge is 0.425 e. The Balaban J connectivity index is 2.76. The maximum Gasteiger partial charge on any atom is 0.311 e. The molecule has 1 aromatic rings. The molecule has 0 spiro atoms. The van der Waals surface area contributed by atoms with Crippen LogP contribution in [0.25, 0.3) is 0 Å². The lowest BCUT2D eigenvalue weighted by molar-refractivity contribution is -0.136. The van der Waals surface area contributed by atoms with E-state index in [1.54, 1.807) is 6.07 Å². The van der Waals surface area contributed by atoms with Crippen molar-refractivity contribution in [2.24, 2.45) is 5.41 Å². The monoisotopic (exact) mass is 251 g/mol. The summed E-state index contributed by atoms with van der Waals surface area (Å²) in [6.07, 6.45) is 0.309. The SMILES string of the molecule is CC(C)(C)CC(=O)Oc1ccc(C#N)cc1Cl. The quantitative estimate of drug-likeness (QED) is 0.597. The van der Waals surface area contributed by atoms with Crippen molar-refractivity contribution in [1.29, 1.82) is 5.26 Å². The molecule has 0 fully saturated rings. The van der Waals surface area contributed by atoms with Gasteiger partial charge in [0.25, 0.3) is 0 Å². The molecule has 0 radical (unpaired) electrons. The second-order valence-corrected chi connectivity index (χ2v) is 5.38. The number of hydrogen-bond acceptors (Lipinski definition) is 3. The molecule has 0 atom stereocenters. The first-order valence-electron chi connectivity index (χ1n) is 5.22. The topological polar surface area (TPSA) is 50.1 Å². The Hall–Kier alpha value is -1.53. The van der Waals surface area contributed by atoms with Gasteiger partial charge >= 0.3 is 5.97 Å². The van der Waals surface area contributed by atoms with Crippen LogP contribution in [0, 0.1) is 16.7 Å². The van der Waals surface area contributed by atoms with E-state index in [0.29, 0.717) is 17.7 Å². The van der Waals surface area contributed by atoms with Crippen LogP contribution in [0.5, 0.6) is 5.75 Å². The first-order valence-corrected chi connectivity index (χ1v) is 5.60. The van der Waals surface area contributed by atoms with Gasteiger partial charge in [-0.15, -0.1) is 0 Å². The van der Waals surface area contributed by atoms with Crippen molar-refractivity contribution in [3.05, 3.63) is 28.8 Å². The number of nitriles is 1. The van der Waals surface area contributed by atoms with Gasteiger partial charge in [0.1, 0.15) is 5.75 Å². The summed E-state index contributed by atoms with van der Waals surface area (Å²) in [6.45, 7) is 5.86. The Labute approximate surface area is 106 Å². The van der Waals surface area contributed by atoms with Crippen molar-refractivity contribution in [3.63, 3.8) is 0 Å². The van der Waals surface area contributed by atoms with E-state index in [2.05, 4.69) is 0 Å². The summed E-state index contributed by atoms with van der Waals surface area (Å²) in [6, 6.07) is 6.53. The summed E-state index contributed by atoms with van der Waals surface area (Å²) in [5, 5.41) is 8.94. The van der Waals surface area contributed by atoms with Gasteiger partial charge in [0.2, 0.25) is 0 Å². The average Bonchev–Trinajstić information content (AvgIpc) is 2.18. The van der Waals surface area contributed by atoms with Crippen molar-refractivity contribution in [2.45, 2.75) is 27.2 Å². The van der Waals surface area contributed by atoms with E-state index in [4.69, 9.17) is 21.6 Å². The van der Waals surface area contributed by atoms with Crippen LogP contribution in [-0.2, 0) is 4.79 Å². The zero-order valence-corrected chi connectivity index (χ0v) is 10.8. The maximum atomic E-state index is 11.6. The molecule has 0 N–H and O–H groups in total. The summed E-state index contributed by atoms with van der Waals surface area (Å²) < 4.78 is 5.14. The van der Waals surface area contributed by atoms with Crippen LogP contribution < -0.4 is 4.74 Å².